The molecule has 0 aliphatic heterocycles. The molecule has 0 N–H and O–H groups in total. The lowest BCUT2D eigenvalue weighted by molar-refractivity contribution is -0.139. The first-order valence-electron chi connectivity index (χ1n) is 9.43. The minimum atomic E-state index is -0.517. The molecule has 1 aromatic heterocycles. The van der Waals surface area contributed by atoms with Crippen molar-refractivity contribution in [2.45, 2.75) is 13.5 Å². The summed E-state index contributed by atoms with van der Waals surface area (Å²) in [4.78, 5) is 16.2. The summed E-state index contributed by atoms with van der Waals surface area (Å²) in [6.07, 6.45) is 4.66. The van der Waals surface area contributed by atoms with Gasteiger partial charge in [0.2, 0.25) is 5.82 Å². The maximum atomic E-state index is 12.0. The summed E-state index contributed by atoms with van der Waals surface area (Å²) in [5.41, 5.74) is 1.55. The van der Waals surface area contributed by atoms with Crippen molar-refractivity contribution in [1.29, 1.82) is 0 Å². The van der Waals surface area contributed by atoms with Crippen LogP contribution in [0.25, 0.3) is 17.5 Å². The molecule has 0 spiro atoms. The van der Waals surface area contributed by atoms with E-state index in [2.05, 4.69) is 16.7 Å². The van der Waals surface area contributed by atoms with Gasteiger partial charge in [-0.2, -0.15) is 4.98 Å². The molecule has 0 aliphatic rings. The van der Waals surface area contributed by atoms with Gasteiger partial charge in [0.25, 0.3) is 5.89 Å². The second-order valence-electron chi connectivity index (χ2n) is 6.05. The van der Waals surface area contributed by atoms with Crippen molar-refractivity contribution in [2.75, 3.05) is 13.2 Å². The van der Waals surface area contributed by atoms with Gasteiger partial charge >= 0.3 is 5.97 Å². The molecule has 3 rings (SSSR count). The Bertz CT molecular complexity index is 1010. The van der Waals surface area contributed by atoms with Crippen LogP contribution in [0.5, 0.6) is 11.5 Å². The van der Waals surface area contributed by atoms with Gasteiger partial charge in [-0.3, -0.25) is 0 Å². The summed E-state index contributed by atoms with van der Waals surface area (Å²) in [6.45, 7) is 6.34. The minimum absolute atomic E-state index is 0.124. The Hall–Kier alpha value is -3.87. The smallest absolute Gasteiger partial charge is 0.331 e. The number of hydrogen-bond acceptors (Lipinski definition) is 7. The summed E-state index contributed by atoms with van der Waals surface area (Å²) in [6, 6.07) is 14.7. The van der Waals surface area contributed by atoms with Gasteiger partial charge in [-0.15, -0.1) is 0 Å². The maximum Gasteiger partial charge on any atom is 0.331 e. The standard InChI is InChI=1S/C23H22N2O5/c1-3-15-28-18-12-9-17(10-13-18)11-14-22(26)29-16-21-24-23(25-30-21)19-7-5-6-8-20(19)27-4-2/h3,5-14H,1,4,15-16H2,2H3/b14-11+. The molecule has 0 atom stereocenters. The van der Waals surface area contributed by atoms with Crippen molar-refractivity contribution < 1.29 is 23.5 Å². The summed E-state index contributed by atoms with van der Waals surface area (Å²) in [7, 11) is 0. The zero-order chi connectivity index (χ0) is 21.2. The predicted molar refractivity (Wildman–Crippen MR) is 112 cm³/mol. The molecule has 3 aromatic rings. The van der Waals surface area contributed by atoms with Crippen LogP contribution in [-0.4, -0.2) is 29.3 Å². The number of hydrogen-bond donors (Lipinski definition) is 0. The molecule has 0 saturated heterocycles. The Labute approximate surface area is 174 Å². The predicted octanol–water partition coefficient (Wildman–Crippen LogP) is 4.46. The van der Waals surface area contributed by atoms with Crippen molar-refractivity contribution in [3.05, 3.63) is 78.7 Å². The zero-order valence-electron chi connectivity index (χ0n) is 16.6. The van der Waals surface area contributed by atoms with Crippen LogP contribution >= 0.6 is 0 Å². The lowest BCUT2D eigenvalue weighted by Crippen LogP contribution is -2.01. The summed E-state index contributed by atoms with van der Waals surface area (Å²) in [5.74, 6) is 1.44. The van der Waals surface area contributed by atoms with Crippen LogP contribution in [0.15, 0.2) is 71.8 Å². The summed E-state index contributed by atoms with van der Waals surface area (Å²) < 4.78 is 21.3. The molecule has 154 valence electrons. The molecule has 1 heterocycles. The average Bonchev–Trinajstić information content (AvgIpc) is 3.25. The number of benzene rings is 2. The van der Waals surface area contributed by atoms with E-state index in [1.165, 1.54) is 6.08 Å². The van der Waals surface area contributed by atoms with Crippen LogP contribution in [0.4, 0.5) is 0 Å². The van der Waals surface area contributed by atoms with Crippen LogP contribution in [0, 0.1) is 0 Å². The molecule has 0 unspecified atom stereocenters. The molecule has 2 aromatic carbocycles. The second kappa shape index (κ2) is 10.6. The number of esters is 1. The van der Waals surface area contributed by atoms with Crippen molar-refractivity contribution >= 4 is 12.0 Å². The number of aromatic nitrogens is 2. The monoisotopic (exact) mass is 406 g/mol. The molecule has 0 fully saturated rings. The van der Waals surface area contributed by atoms with E-state index >= 15 is 0 Å². The van der Waals surface area contributed by atoms with E-state index in [-0.39, 0.29) is 12.5 Å². The maximum absolute atomic E-state index is 12.0. The highest BCUT2D eigenvalue weighted by Gasteiger charge is 2.14. The lowest BCUT2D eigenvalue weighted by Gasteiger charge is -2.05. The van der Waals surface area contributed by atoms with Crippen LogP contribution in [-0.2, 0) is 16.1 Å². The molecular weight excluding hydrogens is 384 g/mol. The van der Waals surface area contributed by atoms with Crippen LogP contribution < -0.4 is 9.47 Å². The Morgan fingerprint density at radius 1 is 1.13 bits per heavy atom. The molecule has 0 bridgehead atoms. The van der Waals surface area contributed by atoms with Crippen molar-refractivity contribution in [3.8, 4) is 22.9 Å². The van der Waals surface area contributed by atoms with E-state index in [1.807, 2.05) is 55.5 Å². The topological polar surface area (TPSA) is 83.7 Å². The third-order valence-corrected chi connectivity index (χ3v) is 3.89. The molecule has 0 radical (unpaired) electrons. The van der Waals surface area contributed by atoms with Crippen LogP contribution in [0.2, 0.25) is 0 Å². The number of para-hydroxylation sites is 1. The van der Waals surface area contributed by atoms with Gasteiger partial charge in [0, 0.05) is 6.08 Å². The normalized spacial score (nSPS) is 10.7. The zero-order valence-corrected chi connectivity index (χ0v) is 16.6. The average molecular weight is 406 g/mol. The minimum Gasteiger partial charge on any atom is -0.493 e. The number of ether oxygens (including phenoxy) is 3. The van der Waals surface area contributed by atoms with Crippen molar-refractivity contribution in [2.24, 2.45) is 0 Å². The van der Waals surface area contributed by atoms with Gasteiger partial charge in [-0.1, -0.05) is 42.1 Å². The molecule has 0 amide bonds. The molecule has 0 saturated carbocycles. The van der Waals surface area contributed by atoms with Gasteiger partial charge in [-0.25, -0.2) is 4.79 Å². The quantitative estimate of drug-likeness (QED) is 0.279. The molecule has 7 nitrogen and oxygen atoms in total. The Kier molecular flexibility index (Phi) is 7.38. The highest BCUT2D eigenvalue weighted by molar-refractivity contribution is 5.87. The third-order valence-electron chi connectivity index (χ3n) is 3.89. The second-order valence-corrected chi connectivity index (χ2v) is 6.05. The van der Waals surface area contributed by atoms with E-state index in [9.17, 15) is 4.79 Å². The van der Waals surface area contributed by atoms with Crippen molar-refractivity contribution in [3.63, 3.8) is 0 Å². The summed E-state index contributed by atoms with van der Waals surface area (Å²) in [5, 5.41) is 3.94. The molecular formula is C23H22N2O5. The lowest BCUT2D eigenvalue weighted by atomic mass is 10.2. The van der Waals surface area contributed by atoms with Crippen LogP contribution in [0.1, 0.15) is 18.4 Å². The Morgan fingerprint density at radius 3 is 2.70 bits per heavy atom. The van der Waals surface area contributed by atoms with Crippen LogP contribution in [0.3, 0.4) is 0 Å². The van der Waals surface area contributed by atoms with Gasteiger partial charge in [0.05, 0.1) is 12.2 Å². The first-order chi connectivity index (χ1) is 14.7. The number of rotatable bonds is 10. The fraction of sp³-hybridized carbons (Fsp3) is 0.174. The first kappa shape index (κ1) is 20.9. The molecule has 0 aliphatic carbocycles. The molecule has 30 heavy (non-hydrogen) atoms. The van der Waals surface area contributed by atoms with E-state index in [0.29, 0.717) is 30.4 Å². The SMILES string of the molecule is C=CCOc1ccc(/C=C/C(=O)OCc2nc(-c3ccccc3OCC)no2)cc1. The molecule has 7 heteroatoms. The van der Waals surface area contributed by atoms with E-state index in [0.717, 1.165) is 11.3 Å². The number of carbonyl (C=O) groups is 1. The Morgan fingerprint density at radius 2 is 1.93 bits per heavy atom. The van der Waals surface area contributed by atoms with Gasteiger partial charge < -0.3 is 18.7 Å². The summed E-state index contributed by atoms with van der Waals surface area (Å²) >= 11 is 0. The third kappa shape index (κ3) is 5.81. The van der Waals surface area contributed by atoms with Gasteiger partial charge in [0.15, 0.2) is 6.61 Å². The largest absolute Gasteiger partial charge is 0.493 e. The van der Waals surface area contributed by atoms with Gasteiger partial charge in [-0.05, 0) is 42.8 Å². The highest BCUT2D eigenvalue weighted by atomic mass is 16.6. The fourth-order valence-corrected chi connectivity index (χ4v) is 2.53. The van der Waals surface area contributed by atoms with E-state index < -0.39 is 5.97 Å². The number of nitrogens with zero attached hydrogens (tertiary/aromatic N) is 2. The highest BCUT2D eigenvalue weighted by Crippen LogP contribution is 2.27. The van der Waals surface area contributed by atoms with Gasteiger partial charge in [0.1, 0.15) is 18.1 Å². The first-order valence-corrected chi connectivity index (χ1v) is 9.43. The Balaban J connectivity index is 1.54. The van der Waals surface area contributed by atoms with E-state index in [4.69, 9.17) is 18.7 Å². The fourth-order valence-electron chi connectivity index (χ4n) is 2.53. The van der Waals surface area contributed by atoms with E-state index in [1.54, 1.807) is 12.2 Å². The van der Waals surface area contributed by atoms with Crippen molar-refractivity contribution in [1.82, 2.24) is 10.1 Å². The number of carbonyl (C=O) groups excluding carboxylic acids is 1.